The van der Waals surface area contributed by atoms with Crippen molar-refractivity contribution in [1.82, 2.24) is 5.32 Å². The Morgan fingerprint density at radius 1 is 1.31 bits per heavy atom. The molecular formula is C19H20FN3O2S. The highest BCUT2D eigenvalue weighted by molar-refractivity contribution is 8.00. The van der Waals surface area contributed by atoms with Crippen molar-refractivity contribution in [2.45, 2.75) is 11.3 Å². The first-order valence-electron chi connectivity index (χ1n) is 8.35. The van der Waals surface area contributed by atoms with Crippen molar-refractivity contribution < 1.29 is 14.0 Å². The maximum Gasteiger partial charge on any atom is 0.251 e. The average Bonchev–Trinajstić information content (AvgIpc) is 2.64. The molecule has 3 rings (SSSR count). The topological polar surface area (TPSA) is 61.4 Å². The van der Waals surface area contributed by atoms with Crippen LogP contribution in [0.15, 0.2) is 47.4 Å². The summed E-state index contributed by atoms with van der Waals surface area (Å²) in [5.74, 6) is -0.107. The molecule has 0 unspecified atom stereocenters. The van der Waals surface area contributed by atoms with Gasteiger partial charge in [0.1, 0.15) is 5.82 Å². The molecule has 2 aromatic rings. The Morgan fingerprint density at radius 2 is 2.12 bits per heavy atom. The Balaban J connectivity index is 1.49. The predicted octanol–water partition coefficient (Wildman–Crippen LogP) is 3.13. The van der Waals surface area contributed by atoms with Crippen molar-refractivity contribution in [3.8, 4) is 0 Å². The van der Waals surface area contributed by atoms with Crippen LogP contribution in [0.5, 0.6) is 0 Å². The maximum absolute atomic E-state index is 13.7. The molecule has 7 heteroatoms. The lowest BCUT2D eigenvalue weighted by Gasteiger charge is -2.20. The zero-order valence-corrected chi connectivity index (χ0v) is 15.2. The molecule has 2 N–H and O–H groups in total. The average molecular weight is 373 g/mol. The molecule has 0 radical (unpaired) electrons. The summed E-state index contributed by atoms with van der Waals surface area (Å²) in [5, 5.41) is 5.64. The molecule has 0 saturated heterocycles. The molecule has 0 aliphatic carbocycles. The Bertz CT molecular complexity index is 828. The van der Waals surface area contributed by atoms with E-state index in [1.807, 2.05) is 18.0 Å². The van der Waals surface area contributed by atoms with Gasteiger partial charge in [-0.05, 0) is 36.8 Å². The number of anilines is 2. The number of amides is 2. The number of carbonyl (C=O) groups is 2. The zero-order valence-electron chi connectivity index (χ0n) is 14.4. The van der Waals surface area contributed by atoms with Gasteiger partial charge in [-0.25, -0.2) is 4.39 Å². The van der Waals surface area contributed by atoms with Crippen LogP contribution in [0.1, 0.15) is 16.8 Å². The van der Waals surface area contributed by atoms with Crippen LogP contribution < -0.4 is 15.5 Å². The molecule has 0 aromatic heterocycles. The van der Waals surface area contributed by atoms with Crippen molar-refractivity contribution in [3.63, 3.8) is 0 Å². The highest BCUT2D eigenvalue weighted by Gasteiger charge is 2.17. The SMILES string of the molecule is CN(CCCNC(=O)c1ccc2c(c1)NC(=O)CS2)c1ccccc1F. The van der Waals surface area contributed by atoms with Crippen LogP contribution in [-0.2, 0) is 4.79 Å². The smallest absolute Gasteiger partial charge is 0.251 e. The van der Waals surface area contributed by atoms with Crippen LogP contribution in [0, 0.1) is 5.82 Å². The first kappa shape index (κ1) is 18.3. The summed E-state index contributed by atoms with van der Waals surface area (Å²) in [4.78, 5) is 26.5. The fourth-order valence-electron chi connectivity index (χ4n) is 2.73. The van der Waals surface area contributed by atoms with Crippen LogP contribution in [-0.4, -0.2) is 37.7 Å². The number of hydrogen-bond donors (Lipinski definition) is 2. The second-order valence-corrected chi connectivity index (χ2v) is 7.05. The van der Waals surface area contributed by atoms with E-state index in [9.17, 15) is 14.0 Å². The van der Waals surface area contributed by atoms with E-state index in [-0.39, 0.29) is 17.6 Å². The summed E-state index contributed by atoms with van der Waals surface area (Å²) in [6.45, 7) is 1.11. The highest BCUT2D eigenvalue weighted by atomic mass is 32.2. The van der Waals surface area contributed by atoms with Crippen molar-refractivity contribution in [1.29, 1.82) is 0 Å². The van der Waals surface area contributed by atoms with E-state index in [4.69, 9.17) is 0 Å². The Kier molecular flexibility index (Phi) is 5.78. The fraction of sp³-hybridized carbons (Fsp3) is 0.263. The molecule has 0 spiro atoms. The number of rotatable bonds is 6. The maximum atomic E-state index is 13.7. The van der Waals surface area contributed by atoms with Gasteiger partial charge in [-0.15, -0.1) is 11.8 Å². The molecule has 26 heavy (non-hydrogen) atoms. The zero-order chi connectivity index (χ0) is 18.5. The van der Waals surface area contributed by atoms with Gasteiger partial charge in [0, 0.05) is 30.6 Å². The summed E-state index contributed by atoms with van der Waals surface area (Å²) in [6, 6.07) is 11.9. The largest absolute Gasteiger partial charge is 0.372 e. The molecule has 0 bridgehead atoms. The second kappa shape index (κ2) is 8.23. The molecule has 1 aliphatic heterocycles. The lowest BCUT2D eigenvalue weighted by atomic mass is 10.2. The molecule has 1 heterocycles. The van der Waals surface area contributed by atoms with Crippen LogP contribution in [0.3, 0.4) is 0 Å². The minimum absolute atomic E-state index is 0.0590. The monoisotopic (exact) mass is 373 g/mol. The number of carbonyl (C=O) groups excluding carboxylic acids is 2. The molecule has 0 fully saturated rings. The molecule has 2 amide bonds. The standard InChI is InChI=1S/C19H20FN3O2S/c1-23(16-6-3-2-5-14(16)20)10-4-9-21-19(25)13-7-8-17-15(11-13)22-18(24)12-26-17/h2-3,5-8,11H,4,9-10,12H2,1H3,(H,21,25)(H,22,24). The highest BCUT2D eigenvalue weighted by Crippen LogP contribution is 2.31. The number of thioether (sulfide) groups is 1. The molecule has 5 nitrogen and oxygen atoms in total. The Labute approximate surface area is 156 Å². The second-order valence-electron chi connectivity index (χ2n) is 6.03. The lowest BCUT2D eigenvalue weighted by molar-refractivity contribution is -0.113. The summed E-state index contributed by atoms with van der Waals surface area (Å²) < 4.78 is 13.7. The third-order valence-corrected chi connectivity index (χ3v) is 5.17. The number of nitrogens with one attached hydrogen (secondary N) is 2. The van der Waals surface area contributed by atoms with Gasteiger partial charge in [0.25, 0.3) is 5.91 Å². The van der Waals surface area contributed by atoms with E-state index >= 15 is 0 Å². The molecule has 0 atom stereocenters. The summed E-state index contributed by atoms with van der Waals surface area (Å²) >= 11 is 1.46. The van der Waals surface area contributed by atoms with Crippen molar-refractivity contribution in [3.05, 3.63) is 53.8 Å². The Morgan fingerprint density at radius 3 is 2.92 bits per heavy atom. The number of fused-ring (bicyclic) bond motifs is 1. The molecule has 2 aromatic carbocycles. The van der Waals surface area contributed by atoms with E-state index in [0.29, 0.717) is 42.2 Å². The van der Waals surface area contributed by atoms with E-state index < -0.39 is 0 Å². The minimum atomic E-state index is -0.256. The quantitative estimate of drug-likeness (QED) is 0.764. The van der Waals surface area contributed by atoms with Gasteiger partial charge < -0.3 is 15.5 Å². The number of halogens is 1. The van der Waals surface area contributed by atoms with Crippen molar-refractivity contribution >= 4 is 35.0 Å². The first-order valence-corrected chi connectivity index (χ1v) is 9.34. The van der Waals surface area contributed by atoms with E-state index in [1.165, 1.54) is 17.8 Å². The first-order chi connectivity index (χ1) is 12.5. The van der Waals surface area contributed by atoms with Crippen LogP contribution >= 0.6 is 11.8 Å². The molecular weight excluding hydrogens is 353 g/mol. The summed E-state index contributed by atoms with van der Waals surface area (Å²) in [5.41, 5.74) is 1.73. The third-order valence-electron chi connectivity index (χ3n) is 4.09. The Hall–Kier alpha value is -2.54. The summed E-state index contributed by atoms with van der Waals surface area (Å²) in [7, 11) is 1.82. The van der Waals surface area contributed by atoms with Gasteiger partial charge in [0.15, 0.2) is 0 Å². The minimum Gasteiger partial charge on any atom is -0.372 e. The van der Waals surface area contributed by atoms with Gasteiger partial charge in [0.05, 0.1) is 17.1 Å². The summed E-state index contributed by atoms with van der Waals surface area (Å²) in [6.07, 6.45) is 0.689. The van der Waals surface area contributed by atoms with Crippen LogP contribution in [0.4, 0.5) is 15.8 Å². The predicted molar refractivity (Wildman–Crippen MR) is 102 cm³/mol. The van der Waals surface area contributed by atoms with Crippen LogP contribution in [0.2, 0.25) is 0 Å². The number of hydrogen-bond acceptors (Lipinski definition) is 4. The van der Waals surface area contributed by atoms with Gasteiger partial charge in [-0.1, -0.05) is 12.1 Å². The van der Waals surface area contributed by atoms with Gasteiger partial charge in [0.2, 0.25) is 5.91 Å². The molecule has 0 saturated carbocycles. The van der Waals surface area contributed by atoms with Gasteiger partial charge in [-0.3, -0.25) is 9.59 Å². The van der Waals surface area contributed by atoms with Crippen LogP contribution in [0.25, 0.3) is 0 Å². The third kappa shape index (κ3) is 4.35. The van der Waals surface area contributed by atoms with E-state index in [0.717, 1.165) is 4.90 Å². The van der Waals surface area contributed by atoms with E-state index in [1.54, 1.807) is 30.3 Å². The van der Waals surface area contributed by atoms with Crippen molar-refractivity contribution in [2.75, 3.05) is 36.1 Å². The number of para-hydroxylation sites is 1. The number of benzene rings is 2. The molecule has 136 valence electrons. The fourth-order valence-corrected chi connectivity index (χ4v) is 3.51. The molecule has 1 aliphatic rings. The van der Waals surface area contributed by atoms with Crippen molar-refractivity contribution in [2.24, 2.45) is 0 Å². The van der Waals surface area contributed by atoms with Gasteiger partial charge in [-0.2, -0.15) is 0 Å². The lowest BCUT2D eigenvalue weighted by Crippen LogP contribution is -2.28. The van der Waals surface area contributed by atoms with Gasteiger partial charge >= 0.3 is 0 Å². The van der Waals surface area contributed by atoms with E-state index in [2.05, 4.69) is 10.6 Å². The normalized spacial score (nSPS) is 12.9. The number of nitrogens with zero attached hydrogens (tertiary/aromatic N) is 1.